The summed E-state index contributed by atoms with van der Waals surface area (Å²) in [6, 6.07) is 5.29. The van der Waals surface area contributed by atoms with Gasteiger partial charge in [0.05, 0.1) is 39.0 Å². The molecule has 1 rings (SSSR count). The molecule has 0 aliphatic carbocycles. The van der Waals surface area contributed by atoms with Gasteiger partial charge < -0.3 is 29.2 Å². The van der Waals surface area contributed by atoms with Gasteiger partial charge in [-0.15, -0.1) is 0 Å². The minimum Gasteiger partial charge on any atom is -0.545 e. The smallest absolute Gasteiger partial charge is 0.545 e. The number of carboxylic acids is 1. The van der Waals surface area contributed by atoms with Crippen molar-refractivity contribution in [2.75, 3.05) is 39.6 Å². The van der Waals surface area contributed by atoms with Gasteiger partial charge >= 0.3 is 68.9 Å². The fraction of sp³-hybridized carbons (Fsp3) is 0.696. The minimum absolute atomic E-state index is 0. The Balaban J connectivity index is 0.00000841. The van der Waals surface area contributed by atoms with E-state index in [-0.39, 0.29) is 87.7 Å². The van der Waals surface area contributed by atoms with Crippen LogP contribution < -0.4 is 78.7 Å². The predicted octanol–water partition coefficient (Wildman–Crippen LogP) is 0.142. The number of aromatic carboxylic acids is 1. The zero-order chi connectivity index (χ0) is 21.2. The first-order chi connectivity index (χ1) is 14.2. The summed E-state index contributed by atoms with van der Waals surface area (Å²) in [7, 11) is 0. The van der Waals surface area contributed by atoms with E-state index >= 15 is 0 Å². The van der Waals surface area contributed by atoms with Crippen molar-refractivity contribution in [2.24, 2.45) is 0 Å². The predicted molar refractivity (Wildman–Crippen MR) is 111 cm³/mol. The molecule has 0 aliphatic heterocycles. The summed E-state index contributed by atoms with van der Waals surface area (Å²) < 4.78 is 16.0. The summed E-state index contributed by atoms with van der Waals surface area (Å²) >= 11 is 0. The number of rotatable bonds is 19. The summed E-state index contributed by atoms with van der Waals surface area (Å²) in [6.07, 6.45) is 10.9. The van der Waals surface area contributed by atoms with Crippen molar-refractivity contribution in [3.63, 3.8) is 0 Å². The minimum atomic E-state index is -1.23. The van der Waals surface area contributed by atoms with E-state index in [0.29, 0.717) is 32.2 Å². The maximum Gasteiger partial charge on any atom is 1.00 e. The molecule has 0 bridgehead atoms. The second-order valence-corrected chi connectivity index (χ2v) is 7.14. The third-order valence-corrected chi connectivity index (χ3v) is 4.68. The number of aliphatic hydroxyl groups excluding tert-OH is 1. The van der Waals surface area contributed by atoms with Crippen LogP contribution in [0.5, 0.6) is 5.75 Å². The molecular weight excluding hydrogens is 505 g/mol. The van der Waals surface area contributed by atoms with Crippen LogP contribution in [-0.4, -0.2) is 50.7 Å². The van der Waals surface area contributed by atoms with E-state index in [1.54, 1.807) is 12.1 Å². The monoisotopic (exact) mass is 542 g/mol. The first-order valence-corrected chi connectivity index (χ1v) is 10.9. The molecule has 0 aromatic heterocycles. The molecule has 0 aliphatic rings. The SMILES string of the molecule is CCCCCCCCCCc1ccc(OCCOCCOCCO)c(C(=O)[O-])c1.[Cs+]. The molecule has 0 saturated heterocycles. The second kappa shape index (κ2) is 21.3. The molecule has 0 amide bonds. The Morgan fingerprint density at radius 2 is 1.50 bits per heavy atom. The van der Waals surface area contributed by atoms with Gasteiger partial charge in [-0.3, -0.25) is 0 Å². The van der Waals surface area contributed by atoms with Crippen LogP contribution in [0.4, 0.5) is 0 Å². The first kappa shape index (κ1) is 30.4. The molecular formula is C23H37CsO6. The van der Waals surface area contributed by atoms with Crippen molar-refractivity contribution >= 4 is 5.97 Å². The Labute approximate surface area is 240 Å². The molecule has 0 radical (unpaired) electrons. The van der Waals surface area contributed by atoms with Crippen LogP contribution in [0.3, 0.4) is 0 Å². The van der Waals surface area contributed by atoms with Crippen molar-refractivity contribution in [3.05, 3.63) is 29.3 Å². The number of carboxylic acid groups (broad SMARTS) is 1. The number of unbranched alkanes of at least 4 members (excludes halogenated alkanes) is 7. The fourth-order valence-corrected chi connectivity index (χ4v) is 3.08. The third kappa shape index (κ3) is 15.3. The van der Waals surface area contributed by atoms with Gasteiger partial charge in [0.15, 0.2) is 0 Å². The van der Waals surface area contributed by atoms with Gasteiger partial charge in [0.1, 0.15) is 12.4 Å². The topological polar surface area (TPSA) is 88.1 Å². The zero-order valence-electron chi connectivity index (χ0n) is 18.8. The largest absolute Gasteiger partial charge is 1.00 e. The number of hydrogen-bond donors (Lipinski definition) is 1. The molecule has 1 aromatic rings. The Morgan fingerprint density at radius 1 is 0.900 bits per heavy atom. The number of aliphatic hydroxyl groups is 1. The number of aryl methyl sites for hydroxylation is 1. The van der Waals surface area contributed by atoms with Crippen LogP contribution in [0.15, 0.2) is 18.2 Å². The Hall–Kier alpha value is 0.422. The van der Waals surface area contributed by atoms with Crippen LogP contribution in [0.1, 0.15) is 74.2 Å². The summed E-state index contributed by atoms with van der Waals surface area (Å²) in [5.74, 6) is -0.916. The average Bonchev–Trinajstić information content (AvgIpc) is 2.72. The van der Waals surface area contributed by atoms with Crippen molar-refractivity contribution in [3.8, 4) is 5.75 Å². The van der Waals surface area contributed by atoms with Gasteiger partial charge in [0.25, 0.3) is 0 Å². The van der Waals surface area contributed by atoms with Crippen LogP contribution in [0.2, 0.25) is 0 Å². The van der Waals surface area contributed by atoms with Crippen LogP contribution in [0.25, 0.3) is 0 Å². The molecule has 166 valence electrons. The third-order valence-electron chi connectivity index (χ3n) is 4.68. The second-order valence-electron chi connectivity index (χ2n) is 7.14. The van der Waals surface area contributed by atoms with Gasteiger partial charge in [-0.1, -0.05) is 57.9 Å². The fourth-order valence-electron chi connectivity index (χ4n) is 3.08. The maximum atomic E-state index is 11.5. The van der Waals surface area contributed by atoms with E-state index < -0.39 is 5.97 Å². The molecule has 0 saturated carbocycles. The molecule has 30 heavy (non-hydrogen) atoms. The number of carbonyl (C=O) groups excluding carboxylic acids is 1. The molecule has 1 aromatic carbocycles. The van der Waals surface area contributed by atoms with Crippen molar-refractivity contribution in [2.45, 2.75) is 64.7 Å². The Morgan fingerprint density at radius 3 is 2.13 bits per heavy atom. The number of hydrogen-bond acceptors (Lipinski definition) is 6. The van der Waals surface area contributed by atoms with Gasteiger partial charge in [-0.05, 0) is 30.5 Å². The zero-order valence-corrected chi connectivity index (χ0v) is 25.1. The number of benzene rings is 1. The maximum absolute atomic E-state index is 11.5. The van der Waals surface area contributed by atoms with E-state index in [0.717, 1.165) is 18.4 Å². The van der Waals surface area contributed by atoms with Crippen LogP contribution in [-0.2, 0) is 15.9 Å². The van der Waals surface area contributed by atoms with Gasteiger partial charge in [0.2, 0.25) is 0 Å². The molecule has 1 N–H and O–H groups in total. The van der Waals surface area contributed by atoms with Crippen molar-refractivity contribution < 1.29 is 98.1 Å². The van der Waals surface area contributed by atoms with E-state index in [1.165, 1.54) is 44.9 Å². The summed E-state index contributed by atoms with van der Waals surface area (Å²) in [5.41, 5.74) is 1.09. The van der Waals surface area contributed by atoms with Gasteiger partial charge in [-0.25, -0.2) is 0 Å². The summed E-state index contributed by atoms with van der Waals surface area (Å²) in [4.78, 5) is 11.5. The van der Waals surface area contributed by atoms with Crippen LogP contribution in [0, 0.1) is 0 Å². The van der Waals surface area contributed by atoms with Gasteiger partial charge in [0, 0.05) is 5.56 Å². The Bertz CT molecular complexity index is 552. The molecule has 7 heteroatoms. The quantitative estimate of drug-likeness (QED) is 0.251. The van der Waals surface area contributed by atoms with Crippen molar-refractivity contribution in [1.29, 1.82) is 0 Å². The van der Waals surface area contributed by atoms with E-state index in [9.17, 15) is 9.90 Å². The standard InChI is InChI=1S/C23H38O6.Cs/c1-2-3-4-5-6-7-8-9-10-20-11-12-22(21(19-20)23(25)26)29-18-17-28-16-15-27-14-13-24;/h11-12,19,24H,2-10,13-18H2,1H3,(H,25,26);/q;+1/p-1. The molecule has 0 unspecified atom stereocenters. The number of carbonyl (C=O) groups is 1. The van der Waals surface area contributed by atoms with E-state index in [4.69, 9.17) is 19.3 Å². The summed E-state index contributed by atoms with van der Waals surface area (Å²) in [6.45, 7) is 3.88. The van der Waals surface area contributed by atoms with E-state index in [1.807, 2.05) is 6.07 Å². The molecule has 0 atom stereocenters. The first-order valence-electron chi connectivity index (χ1n) is 10.9. The molecule has 0 heterocycles. The van der Waals surface area contributed by atoms with Crippen molar-refractivity contribution in [1.82, 2.24) is 0 Å². The molecule has 0 fully saturated rings. The van der Waals surface area contributed by atoms with E-state index in [2.05, 4.69) is 6.92 Å². The molecule has 6 nitrogen and oxygen atoms in total. The Kier molecular flexibility index (Phi) is 21.6. The average molecular weight is 542 g/mol. The van der Waals surface area contributed by atoms with Crippen LogP contribution >= 0.6 is 0 Å². The normalized spacial score (nSPS) is 10.6. The summed E-state index contributed by atoms with van der Waals surface area (Å²) in [5, 5.41) is 20.0. The molecule has 0 spiro atoms. The number of ether oxygens (including phenoxy) is 3. The van der Waals surface area contributed by atoms with Gasteiger partial charge in [-0.2, -0.15) is 0 Å².